The summed E-state index contributed by atoms with van der Waals surface area (Å²) in [5.74, 6) is 6.26. The second-order valence-corrected chi connectivity index (χ2v) is 4.67. The summed E-state index contributed by atoms with van der Waals surface area (Å²) >= 11 is 0. The lowest BCUT2D eigenvalue weighted by atomic mass is 10.0. The summed E-state index contributed by atoms with van der Waals surface area (Å²) in [6, 6.07) is 10.1. The molecule has 17 heavy (non-hydrogen) atoms. The first-order chi connectivity index (χ1) is 8.29. The lowest BCUT2D eigenvalue weighted by Gasteiger charge is -2.22. The van der Waals surface area contributed by atoms with Gasteiger partial charge in [-0.05, 0) is 31.9 Å². The van der Waals surface area contributed by atoms with E-state index in [0.717, 1.165) is 25.1 Å². The molecule has 1 fully saturated rings. The fourth-order valence-electron chi connectivity index (χ4n) is 2.03. The smallest absolute Gasteiger partial charge is 0.0779 e. The number of rotatable bonds is 3. The summed E-state index contributed by atoms with van der Waals surface area (Å²) in [5.41, 5.74) is 1.09. The van der Waals surface area contributed by atoms with E-state index in [1.807, 2.05) is 30.3 Å². The van der Waals surface area contributed by atoms with Gasteiger partial charge in [-0.25, -0.2) is 0 Å². The van der Waals surface area contributed by atoms with Crippen LogP contribution >= 0.6 is 0 Å². The molecule has 1 aliphatic heterocycles. The van der Waals surface area contributed by atoms with Crippen molar-refractivity contribution in [2.75, 3.05) is 19.7 Å². The Morgan fingerprint density at radius 2 is 2.18 bits per heavy atom. The molecule has 1 aromatic rings. The minimum atomic E-state index is 0.0222. The summed E-state index contributed by atoms with van der Waals surface area (Å²) in [5, 5.41) is 3.34. The second-order valence-electron chi connectivity index (χ2n) is 4.67. The first kappa shape index (κ1) is 12.2. The summed E-state index contributed by atoms with van der Waals surface area (Å²) in [7, 11) is 0. The number of benzene rings is 1. The van der Waals surface area contributed by atoms with Crippen LogP contribution in [0.4, 0.5) is 0 Å². The first-order valence-corrected chi connectivity index (χ1v) is 6.17. The Kier molecular flexibility index (Phi) is 4.19. The second kappa shape index (κ2) is 5.86. The number of hydrogen-bond donors (Lipinski definition) is 1. The minimum Gasteiger partial charge on any atom is -0.374 e. The molecule has 0 aliphatic carbocycles. The van der Waals surface area contributed by atoms with Gasteiger partial charge in [0.25, 0.3) is 0 Å². The van der Waals surface area contributed by atoms with Crippen LogP contribution in [0.5, 0.6) is 0 Å². The molecule has 1 atom stereocenters. The van der Waals surface area contributed by atoms with Gasteiger partial charge in [-0.2, -0.15) is 0 Å². The van der Waals surface area contributed by atoms with Gasteiger partial charge < -0.3 is 10.1 Å². The number of hydrogen-bond acceptors (Lipinski definition) is 2. The van der Waals surface area contributed by atoms with E-state index < -0.39 is 0 Å². The maximum absolute atomic E-state index is 5.69. The zero-order chi connectivity index (χ0) is 12.0. The molecular weight excluding hydrogens is 210 g/mol. The van der Waals surface area contributed by atoms with Crippen molar-refractivity contribution in [1.82, 2.24) is 5.32 Å². The Morgan fingerprint density at radius 1 is 1.35 bits per heavy atom. The predicted molar refractivity (Wildman–Crippen MR) is 69.8 cm³/mol. The van der Waals surface area contributed by atoms with E-state index in [-0.39, 0.29) is 5.60 Å². The van der Waals surface area contributed by atoms with Gasteiger partial charge in [0, 0.05) is 18.7 Å². The molecule has 0 amide bonds. The van der Waals surface area contributed by atoms with E-state index in [4.69, 9.17) is 4.74 Å². The molecule has 1 aromatic carbocycles. The van der Waals surface area contributed by atoms with Crippen molar-refractivity contribution in [3.05, 3.63) is 35.9 Å². The van der Waals surface area contributed by atoms with Crippen molar-refractivity contribution in [2.45, 2.75) is 25.4 Å². The van der Waals surface area contributed by atoms with Crippen molar-refractivity contribution >= 4 is 0 Å². The molecule has 1 aliphatic rings. The Hall–Kier alpha value is -1.30. The molecule has 2 nitrogen and oxygen atoms in total. The standard InChI is InChI=1S/C15H19NO/c1-15(10-6-12-17-15)13-16-11-5-9-14-7-3-2-4-8-14/h2-4,7-8,16H,6,10-13H2,1H3. The molecule has 2 heteroatoms. The highest BCUT2D eigenvalue weighted by atomic mass is 16.5. The summed E-state index contributed by atoms with van der Waals surface area (Å²) in [6.07, 6.45) is 2.32. The molecule has 0 saturated carbocycles. The fraction of sp³-hybridized carbons (Fsp3) is 0.467. The van der Waals surface area contributed by atoms with E-state index in [0.29, 0.717) is 6.54 Å². The van der Waals surface area contributed by atoms with Crippen LogP contribution < -0.4 is 5.32 Å². The third-order valence-corrected chi connectivity index (χ3v) is 3.02. The van der Waals surface area contributed by atoms with Crippen LogP contribution in [-0.2, 0) is 4.74 Å². The van der Waals surface area contributed by atoms with Crippen molar-refractivity contribution in [2.24, 2.45) is 0 Å². The molecule has 0 aromatic heterocycles. The van der Waals surface area contributed by atoms with Gasteiger partial charge in [0.05, 0.1) is 12.1 Å². The van der Waals surface area contributed by atoms with Crippen LogP contribution in [0.2, 0.25) is 0 Å². The van der Waals surface area contributed by atoms with Crippen LogP contribution in [0, 0.1) is 11.8 Å². The maximum Gasteiger partial charge on any atom is 0.0779 e. The van der Waals surface area contributed by atoms with Crippen LogP contribution in [0.1, 0.15) is 25.3 Å². The highest BCUT2D eigenvalue weighted by molar-refractivity contribution is 5.33. The lowest BCUT2D eigenvalue weighted by molar-refractivity contribution is 0.0218. The van der Waals surface area contributed by atoms with Crippen molar-refractivity contribution in [3.8, 4) is 11.8 Å². The van der Waals surface area contributed by atoms with Crippen LogP contribution in [0.15, 0.2) is 30.3 Å². The Morgan fingerprint density at radius 3 is 2.88 bits per heavy atom. The van der Waals surface area contributed by atoms with Gasteiger partial charge >= 0.3 is 0 Å². The highest BCUT2D eigenvalue weighted by Crippen LogP contribution is 2.23. The lowest BCUT2D eigenvalue weighted by Crippen LogP contribution is -2.37. The zero-order valence-electron chi connectivity index (χ0n) is 10.3. The molecule has 0 radical (unpaired) electrons. The normalized spacial score (nSPS) is 23.1. The van der Waals surface area contributed by atoms with Crippen LogP contribution in [-0.4, -0.2) is 25.3 Å². The van der Waals surface area contributed by atoms with E-state index in [1.165, 1.54) is 6.42 Å². The van der Waals surface area contributed by atoms with Crippen molar-refractivity contribution < 1.29 is 4.74 Å². The Bertz CT molecular complexity index is 396. The molecule has 1 heterocycles. The molecule has 0 bridgehead atoms. The van der Waals surface area contributed by atoms with Crippen LogP contribution in [0.3, 0.4) is 0 Å². The fourth-order valence-corrected chi connectivity index (χ4v) is 2.03. The maximum atomic E-state index is 5.69. The van der Waals surface area contributed by atoms with Gasteiger partial charge in [-0.15, -0.1) is 0 Å². The highest BCUT2D eigenvalue weighted by Gasteiger charge is 2.28. The predicted octanol–water partition coefficient (Wildman–Crippen LogP) is 2.20. The summed E-state index contributed by atoms with van der Waals surface area (Å²) < 4.78 is 5.69. The Labute approximate surface area is 103 Å². The van der Waals surface area contributed by atoms with Gasteiger partial charge in [-0.3, -0.25) is 0 Å². The number of ether oxygens (including phenoxy) is 1. The van der Waals surface area contributed by atoms with Gasteiger partial charge in [0.1, 0.15) is 0 Å². The van der Waals surface area contributed by atoms with E-state index in [2.05, 4.69) is 24.1 Å². The first-order valence-electron chi connectivity index (χ1n) is 6.17. The minimum absolute atomic E-state index is 0.0222. The summed E-state index contributed by atoms with van der Waals surface area (Å²) in [6.45, 7) is 4.66. The van der Waals surface area contributed by atoms with Gasteiger partial charge in [-0.1, -0.05) is 30.0 Å². The van der Waals surface area contributed by atoms with Gasteiger partial charge in [0.2, 0.25) is 0 Å². The van der Waals surface area contributed by atoms with E-state index in [9.17, 15) is 0 Å². The molecule has 90 valence electrons. The SMILES string of the molecule is CC1(CNCC#Cc2ccccc2)CCCO1. The monoisotopic (exact) mass is 229 g/mol. The Balaban J connectivity index is 1.71. The van der Waals surface area contributed by atoms with E-state index >= 15 is 0 Å². The molecule has 0 spiro atoms. The van der Waals surface area contributed by atoms with Gasteiger partial charge in [0.15, 0.2) is 0 Å². The molecule has 1 saturated heterocycles. The average molecular weight is 229 g/mol. The third-order valence-electron chi connectivity index (χ3n) is 3.02. The molecule has 2 rings (SSSR count). The third kappa shape index (κ3) is 3.89. The molecule has 1 unspecified atom stereocenters. The van der Waals surface area contributed by atoms with Crippen molar-refractivity contribution in [3.63, 3.8) is 0 Å². The molecule has 1 N–H and O–H groups in total. The summed E-state index contributed by atoms with van der Waals surface area (Å²) in [4.78, 5) is 0. The van der Waals surface area contributed by atoms with Crippen molar-refractivity contribution in [1.29, 1.82) is 0 Å². The topological polar surface area (TPSA) is 21.3 Å². The number of nitrogens with one attached hydrogen (secondary N) is 1. The zero-order valence-corrected chi connectivity index (χ0v) is 10.3. The quantitative estimate of drug-likeness (QED) is 0.633. The average Bonchev–Trinajstić information content (AvgIpc) is 2.77. The van der Waals surface area contributed by atoms with Crippen LogP contribution in [0.25, 0.3) is 0 Å². The molecular formula is C15H19NO. The largest absolute Gasteiger partial charge is 0.374 e. The van der Waals surface area contributed by atoms with E-state index in [1.54, 1.807) is 0 Å².